The van der Waals surface area contributed by atoms with Crippen LogP contribution in [0, 0.1) is 0 Å². The molecule has 3 aromatic rings. The van der Waals surface area contributed by atoms with Crippen LogP contribution in [0.15, 0.2) is 19.0 Å². The number of hydrogen-bond donors (Lipinski definition) is 1. The first-order chi connectivity index (χ1) is 11.3. The van der Waals surface area contributed by atoms with Gasteiger partial charge in [0.1, 0.15) is 24.0 Å². The molecule has 0 aliphatic carbocycles. The second-order valence-corrected chi connectivity index (χ2v) is 5.55. The number of imidazole rings is 1. The number of piperazine rings is 1. The lowest BCUT2D eigenvalue weighted by Gasteiger charge is -2.35. The lowest BCUT2D eigenvalue weighted by molar-refractivity contribution is 0.239. The monoisotopic (exact) mass is 313 g/mol. The van der Waals surface area contributed by atoms with Crippen LogP contribution in [0.5, 0.6) is 0 Å². The molecule has 1 saturated heterocycles. The van der Waals surface area contributed by atoms with Gasteiger partial charge in [0, 0.05) is 32.7 Å². The van der Waals surface area contributed by atoms with E-state index in [0.717, 1.165) is 56.4 Å². The van der Waals surface area contributed by atoms with Crippen LogP contribution in [0.25, 0.3) is 11.2 Å². The van der Waals surface area contributed by atoms with Crippen molar-refractivity contribution in [2.75, 3.05) is 31.1 Å². The van der Waals surface area contributed by atoms with E-state index >= 15 is 0 Å². The fourth-order valence-corrected chi connectivity index (χ4v) is 2.98. The van der Waals surface area contributed by atoms with Gasteiger partial charge in [0.05, 0.1) is 12.9 Å². The first kappa shape index (κ1) is 14.1. The van der Waals surface area contributed by atoms with Gasteiger partial charge in [-0.2, -0.15) is 5.10 Å². The summed E-state index contributed by atoms with van der Waals surface area (Å²) in [5.41, 5.74) is 1.63. The number of nitrogens with one attached hydrogen (secondary N) is 1. The summed E-state index contributed by atoms with van der Waals surface area (Å²) in [6.45, 7) is 7.56. The molecule has 23 heavy (non-hydrogen) atoms. The zero-order valence-electron chi connectivity index (χ0n) is 13.1. The van der Waals surface area contributed by atoms with Crippen LogP contribution in [0.4, 0.5) is 5.82 Å². The second-order valence-electron chi connectivity index (χ2n) is 5.55. The van der Waals surface area contributed by atoms with E-state index in [1.807, 2.05) is 4.68 Å². The summed E-state index contributed by atoms with van der Waals surface area (Å²) in [5, 5.41) is 4.23. The molecule has 0 bridgehead atoms. The topological polar surface area (TPSA) is 91.7 Å². The molecule has 4 heterocycles. The fraction of sp³-hybridized carbons (Fsp3) is 0.500. The van der Waals surface area contributed by atoms with Crippen LogP contribution in [-0.2, 0) is 13.1 Å². The summed E-state index contributed by atoms with van der Waals surface area (Å²) in [4.78, 5) is 25.0. The molecule has 120 valence electrons. The number of rotatable bonds is 4. The SMILES string of the molecule is CCn1ncnc1CN1CCN(c2ncnc3nc[nH]c23)CC1. The number of hydrogen-bond acceptors (Lipinski definition) is 7. The molecule has 9 heteroatoms. The smallest absolute Gasteiger partial charge is 0.182 e. The number of aryl methyl sites for hydroxylation is 1. The Labute approximate surface area is 133 Å². The predicted octanol–water partition coefficient (Wildman–Crippen LogP) is 0.287. The Kier molecular flexibility index (Phi) is 3.62. The summed E-state index contributed by atoms with van der Waals surface area (Å²) in [6, 6.07) is 0. The van der Waals surface area contributed by atoms with Crippen LogP contribution in [0.2, 0.25) is 0 Å². The van der Waals surface area contributed by atoms with Gasteiger partial charge in [0.2, 0.25) is 0 Å². The van der Waals surface area contributed by atoms with Crippen LogP contribution < -0.4 is 4.90 Å². The minimum absolute atomic E-state index is 0.716. The van der Waals surface area contributed by atoms with Crippen molar-refractivity contribution in [1.29, 1.82) is 0 Å². The molecule has 9 nitrogen and oxygen atoms in total. The van der Waals surface area contributed by atoms with E-state index in [2.05, 4.69) is 46.7 Å². The summed E-state index contributed by atoms with van der Waals surface area (Å²) in [5.74, 6) is 1.96. The molecular formula is C14H19N9. The van der Waals surface area contributed by atoms with Gasteiger partial charge in [-0.05, 0) is 6.92 Å². The summed E-state index contributed by atoms with van der Waals surface area (Å²) < 4.78 is 1.95. The molecule has 1 fully saturated rings. The van der Waals surface area contributed by atoms with Crippen molar-refractivity contribution < 1.29 is 0 Å². The van der Waals surface area contributed by atoms with Crippen LogP contribution in [0.3, 0.4) is 0 Å². The van der Waals surface area contributed by atoms with E-state index in [9.17, 15) is 0 Å². The highest BCUT2D eigenvalue weighted by Crippen LogP contribution is 2.21. The first-order valence-corrected chi connectivity index (χ1v) is 7.83. The van der Waals surface area contributed by atoms with Gasteiger partial charge in [0.25, 0.3) is 0 Å². The Morgan fingerprint density at radius 1 is 1.04 bits per heavy atom. The Hall–Kier alpha value is -2.55. The average molecular weight is 313 g/mol. The molecule has 0 unspecified atom stereocenters. The average Bonchev–Trinajstić information content (AvgIpc) is 3.24. The third-order valence-corrected chi connectivity index (χ3v) is 4.24. The molecule has 4 rings (SSSR count). The third kappa shape index (κ3) is 2.63. The van der Waals surface area contributed by atoms with Crippen LogP contribution in [0.1, 0.15) is 12.7 Å². The van der Waals surface area contributed by atoms with Gasteiger partial charge >= 0.3 is 0 Å². The van der Waals surface area contributed by atoms with E-state index in [-0.39, 0.29) is 0 Å². The number of aromatic nitrogens is 7. The fourth-order valence-electron chi connectivity index (χ4n) is 2.98. The van der Waals surface area contributed by atoms with E-state index in [1.165, 1.54) is 0 Å². The van der Waals surface area contributed by atoms with E-state index in [1.54, 1.807) is 19.0 Å². The van der Waals surface area contributed by atoms with Crippen molar-refractivity contribution in [3.8, 4) is 0 Å². The highest BCUT2D eigenvalue weighted by Gasteiger charge is 2.21. The molecule has 0 radical (unpaired) electrons. The maximum Gasteiger partial charge on any atom is 0.182 e. The summed E-state index contributed by atoms with van der Waals surface area (Å²) >= 11 is 0. The maximum absolute atomic E-state index is 4.43. The molecule has 0 saturated carbocycles. The normalized spacial score (nSPS) is 16.3. The lowest BCUT2D eigenvalue weighted by atomic mass is 10.3. The molecule has 0 amide bonds. The number of anilines is 1. The van der Waals surface area contributed by atoms with Crippen molar-refractivity contribution in [2.24, 2.45) is 0 Å². The molecular weight excluding hydrogens is 294 g/mol. The van der Waals surface area contributed by atoms with E-state index in [0.29, 0.717) is 5.65 Å². The predicted molar refractivity (Wildman–Crippen MR) is 84.9 cm³/mol. The van der Waals surface area contributed by atoms with Gasteiger partial charge in [-0.3, -0.25) is 4.90 Å². The van der Waals surface area contributed by atoms with Crippen LogP contribution in [-0.4, -0.2) is 65.8 Å². The zero-order chi connectivity index (χ0) is 15.6. The molecule has 0 spiro atoms. The number of H-pyrrole nitrogens is 1. The van der Waals surface area contributed by atoms with Gasteiger partial charge in [0.15, 0.2) is 11.5 Å². The minimum atomic E-state index is 0.716. The third-order valence-electron chi connectivity index (χ3n) is 4.24. The second kappa shape index (κ2) is 5.92. The maximum atomic E-state index is 4.43. The first-order valence-electron chi connectivity index (χ1n) is 7.83. The number of nitrogens with zero attached hydrogens (tertiary/aromatic N) is 8. The van der Waals surface area contributed by atoms with E-state index < -0.39 is 0 Å². The molecule has 1 aliphatic heterocycles. The van der Waals surface area contributed by atoms with Crippen molar-refractivity contribution in [3.05, 3.63) is 24.8 Å². The minimum Gasteiger partial charge on any atom is -0.352 e. The quantitative estimate of drug-likeness (QED) is 0.740. The van der Waals surface area contributed by atoms with Gasteiger partial charge < -0.3 is 9.88 Å². The van der Waals surface area contributed by atoms with Crippen molar-refractivity contribution in [2.45, 2.75) is 20.0 Å². The Morgan fingerprint density at radius 3 is 2.74 bits per heavy atom. The zero-order valence-corrected chi connectivity index (χ0v) is 13.1. The lowest BCUT2D eigenvalue weighted by Crippen LogP contribution is -2.46. The number of aromatic amines is 1. The molecule has 3 aromatic heterocycles. The van der Waals surface area contributed by atoms with Gasteiger partial charge in [-0.15, -0.1) is 0 Å². The molecule has 1 N–H and O–H groups in total. The van der Waals surface area contributed by atoms with Crippen LogP contribution >= 0.6 is 0 Å². The van der Waals surface area contributed by atoms with Crippen molar-refractivity contribution in [3.63, 3.8) is 0 Å². The Balaban J connectivity index is 1.44. The molecule has 0 aromatic carbocycles. The van der Waals surface area contributed by atoms with Crippen molar-refractivity contribution >= 4 is 17.0 Å². The summed E-state index contributed by atoms with van der Waals surface area (Å²) in [7, 11) is 0. The highest BCUT2D eigenvalue weighted by molar-refractivity contribution is 5.82. The molecule has 0 atom stereocenters. The van der Waals surface area contributed by atoms with Gasteiger partial charge in [-0.25, -0.2) is 24.6 Å². The molecule has 1 aliphatic rings. The standard InChI is InChI=1S/C14H19N9/c1-2-23-11(15-10-20-23)7-21-3-5-22(6-4-21)14-12-13(17-8-16-12)18-9-19-14/h8-10H,2-7H2,1H3,(H,16,17,18,19). The largest absolute Gasteiger partial charge is 0.352 e. The van der Waals surface area contributed by atoms with Crippen molar-refractivity contribution in [1.82, 2.24) is 39.6 Å². The Bertz CT molecular complexity index is 784. The number of fused-ring (bicyclic) bond motifs is 1. The Morgan fingerprint density at radius 2 is 1.91 bits per heavy atom. The summed E-state index contributed by atoms with van der Waals surface area (Å²) in [6.07, 6.45) is 4.87. The van der Waals surface area contributed by atoms with Gasteiger partial charge in [-0.1, -0.05) is 0 Å². The van der Waals surface area contributed by atoms with E-state index in [4.69, 9.17) is 0 Å². The highest BCUT2D eigenvalue weighted by atomic mass is 15.4.